The third-order valence-electron chi connectivity index (χ3n) is 10.4. The molecule has 0 aliphatic heterocycles. The van der Waals surface area contributed by atoms with E-state index in [-0.39, 0.29) is 25.2 Å². The predicted octanol–water partition coefficient (Wildman–Crippen LogP) is 17.3. The molecule has 0 bridgehead atoms. The first-order valence-corrected chi connectivity index (χ1v) is 25.7. The van der Waals surface area contributed by atoms with Gasteiger partial charge in [-0.25, -0.2) is 0 Å². The lowest BCUT2D eigenvalue weighted by Crippen LogP contribution is -2.28. The SMILES string of the molecule is CC/C=C\C/C=C\C/C=C\C/C=C\C/C=C\C/C=C\C/C=C\C/C=C\C/C=C\CCCCCCCC(=O)OC(CO)COC(=O)CCCCCCCCC/C=C\C/C=C\CCCCC. The molecule has 0 aromatic rings. The van der Waals surface area contributed by atoms with Gasteiger partial charge in [-0.1, -0.05) is 212 Å². The number of esters is 2. The van der Waals surface area contributed by atoms with Crippen LogP contribution in [0.4, 0.5) is 0 Å². The normalized spacial score (nSPS) is 13.4. The third kappa shape index (κ3) is 50.7. The summed E-state index contributed by atoms with van der Waals surface area (Å²) >= 11 is 0. The zero-order chi connectivity index (χ0) is 46.3. The topological polar surface area (TPSA) is 72.8 Å². The summed E-state index contributed by atoms with van der Waals surface area (Å²) in [6, 6.07) is 0. The Morgan fingerprint density at radius 1 is 0.375 bits per heavy atom. The van der Waals surface area contributed by atoms with Gasteiger partial charge < -0.3 is 14.6 Å². The van der Waals surface area contributed by atoms with E-state index < -0.39 is 6.10 Å². The maximum Gasteiger partial charge on any atom is 0.306 e. The van der Waals surface area contributed by atoms with Crippen LogP contribution in [0.3, 0.4) is 0 Å². The zero-order valence-electron chi connectivity index (χ0n) is 41.0. The zero-order valence-corrected chi connectivity index (χ0v) is 41.0. The Hall–Kier alpha value is -3.96. The van der Waals surface area contributed by atoms with Crippen molar-refractivity contribution < 1.29 is 24.2 Å². The lowest BCUT2D eigenvalue weighted by molar-refractivity contribution is -0.161. The summed E-state index contributed by atoms with van der Waals surface area (Å²) in [7, 11) is 0. The molecule has 1 unspecified atom stereocenters. The van der Waals surface area contributed by atoms with Crippen molar-refractivity contribution in [2.75, 3.05) is 13.2 Å². The van der Waals surface area contributed by atoms with Crippen LogP contribution < -0.4 is 0 Å². The Bertz CT molecular complexity index is 1370. The number of aliphatic hydroxyl groups is 1. The molecule has 0 saturated carbocycles. The Kier molecular flexibility index (Phi) is 50.1. The van der Waals surface area contributed by atoms with Gasteiger partial charge >= 0.3 is 11.9 Å². The second-order valence-corrected chi connectivity index (χ2v) is 16.5. The first kappa shape index (κ1) is 60.0. The minimum atomic E-state index is -0.796. The Morgan fingerprint density at radius 2 is 0.672 bits per heavy atom. The Labute approximate surface area is 394 Å². The number of ether oxygens (including phenoxy) is 2. The predicted molar refractivity (Wildman–Crippen MR) is 278 cm³/mol. The molecule has 0 radical (unpaired) electrons. The average Bonchev–Trinajstić information content (AvgIpc) is 3.30. The van der Waals surface area contributed by atoms with Gasteiger partial charge in [0.2, 0.25) is 0 Å². The molecular weight excluding hydrogens is 789 g/mol. The van der Waals surface area contributed by atoms with Gasteiger partial charge in [-0.05, 0) is 116 Å². The van der Waals surface area contributed by atoms with Crippen molar-refractivity contribution in [1.29, 1.82) is 0 Å². The second-order valence-electron chi connectivity index (χ2n) is 16.5. The van der Waals surface area contributed by atoms with E-state index in [0.29, 0.717) is 12.8 Å². The van der Waals surface area contributed by atoms with Crippen LogP contribution in [-0.4, -0.2) is 36.4 Å². The number of carbonyl (C=O) groups excluding carboxylic acids is 2. The van der Waals surface area contributed by atoms with Gasteiger partial charge in [0, 0.05) is 12.8 Å². The summed E-state index contributed by atoms with van der Waals surface area (Å²) in [6.45, 7) is 3.97. The van der Waals surface area contributed by atoms with Gasteiger partial charge in [-0.3, -0.25) is 9.59 Å². The van der Waals surface area contributed by atoms with Crippen LogP contribution in [0.2, 0.25) is 0 Å². The van der Waals surface area contributed by atoms with Crippen LogP contribution in [0, 0.1) is 0 Å². The Balaban J connectivity index is 3.66. The summed E-state index contributed by atoms with van der Waals surface area (Å²) in [6.07, 6.45) is 79.6. The largest absolute Gasteiger partial charge is 0.462 e. The van der Waals surface area contributed by atoms with Gasteiger partial charge in [-0.15, -0.1) is 0 Å². The summed E-state index contributed by atoms with van der Waals surface area (Å²) < 4.78 is 10.6. The van der Waals surface area contributed by atoms with Crippen molar-refractivity contribution in [2.24, 2.45) is 0 Å². The van der Waals surface area contributed by atoms with Crippen molar-refractivity contribution in [1.82, 2.24) is 0 Å². The standard InChI is InChI=1S/C59H94O5/c1-3-5-7-9-11-13-15-17-19-21-22-23-24-25-26-27-28-29-30-31-32-33-34-35-36-38-40-42-44-46-48-50-52-54-59(62)64-57(55-60)56-63-58(61)53-51-49-47-45-43-41-39-37-20-18-16-14-12-10-8-6-4-2/h5,7,11-14,17-20,22-23,25-26,28-29,31-32,34-35,38,40,57,60H,3-4,6,8-10,15-16,21,24,27,30,33,36-37,39,41-56H2,1-2H3/b7-5-,13-11-,14-12-,19-17-,20-18-,23-22-,26-25-,29-28-,32-31-,35-34-,40-38-. The van der Waals surface area contributed by atoms with E-state index >= 15 is 0 Å². The fourth-order valence-corrected chi connectivity index (χ4v) is 6.58. The van der Waals surface area contributed by atoms with E-state index in [1.54, 1.807) is 0 Å². The van der Waals surface area contributed by atoms with Crippen LogP contribution >= 0.6 is 0 Å². The average molecular weight is 883 g/mol. The van der Waals surface area contributed by atoms with E-state index in [9.17, 15) is 14.7 Å². The van der Waals surface area contributed by atoms with E-state index in [2.05, 4.69) is 148 Å². The number of unbranched alkanes of at least 4 members (excludes halogenated alkanes) is 15. The molecule has 0 heterocycles. The molecule has 0 rings (SSSR count). The number of carbonyl (C=O) groups is 2. The summed E-state index contributed by atoms with van der Waals surface area (Å²) in [4.78, 5) is 24.4. The highest BCUT2D eigenvalue weighted by Gasteiger charge is 2.16. The maximum absolute atomic E-state index is 12.3. The first-order chi connectivity index (χ1) is 31.6. The molecule has 0 fully saturated rings. The molecule has 5 nitrogen and oxygen atoms in total. The highest BCUT2D eigenvalue weighted by Crippen LogP contribution is 2.12. The smallest absolute Gasteiger partial charge is 0.306 e. The van der Waals surface area contributed by atoms with Crippen LogP contribution in [0.5, 0.6) is 0 Å². The van der Waals surface area contributed by atoms with E-state index in [0.717, 1.165) is 128 Å². The highest BCUT2D eigenvalue weighted by atomic mass is 16.6. The molecule has 0 aromatic carbocycles. The number of aliphatic hydroxyl groups excluding tert-OH is 1. The summed E-state index contributed by atoms with van der Waals surface area (Å²) in [5, 5.41) is 9.62. The van der Waals surface area contributed by atoms with Crippen LogP contribution in [-0.2, 0) is 19.1 Å². The minimum absolute atomic E-state index is 0.0865. The quantitative estimate of drug-likeness (QED) is 0.0375. The van der Waals surface area contributed by atoms with Gasteiger partial charge in [0.15, 0.2) is 6.10 Å². The lowest BCUT2D eigenvalue weighted by atomic mass is 10.1. The molecule has 0 spiro atoms. The number of hydrogen-bond acceptors (Lipinski definition) is 5. The van der Waals surface area contributed by atoms with Crippen LogP contribution in [0.25, 0.3) is 0 Å². The lowest BCUT2D eigenvalue weighted by Gasteiger charge is -2.15. The van der Waals surface area contributed by atoms with Gasteiger partial charge in [0.05, 0.1) is 6.61 Å². The van der Waals surface area contributed by atoms with Crippen molar-refractivity contribution >= 4 is 11.9 Å². The fraction of sp³-hybridized carbons (Fsp3) is 0.593. The molecule has 5 heteroatoms. The molecule has 0 aromatic heterocycles. The number of rotatable bonds is 45. The first-order valence-electron chi connectivity index (χ1n) is 25.7. The highest BCUT2D eigenvalue weighted by molar-refractivity contribution is 5.70. The summed E-state index contributed by atoms with van der Waals surface area (Å²) in [5.41, 5.74) is 0. The number of hydrogen-bond donors (Lipinski definition) is 1. The molecule has 64 heavy (non-hydrogen) atoms. The summed E-state index contributed by atoms with van der Waals surface area (Å²) in [5.74, 6) is -0.632. The van der Waals surface area contributed by atoms with Gasteiger partial charge in [0.1, 0.15) is 6.61 Å². The second kappa shape index (κ2) is 53.4. The minimum Gasteiger partial charge on any atom is -0.462 e. The molecule has 0 amide bonds. The molecule has 360 valence electrons. The molecule has 0 saturated heterocycles. The van der Waals surface area contributed by atoms with E-state index in [4.69, 9.17) is 9.47 Å². The number of allylic oxidation sites excluding steroid dienone is 22. The fourth-order valence-electron chi connectivity index (χ4n) is 6.58. The van der Waals surface area contributed by atoms with Crippen molar-refractivity contribution in [3.63, 3.8) is 0 Å². The molecular formula is C59H94O5. The van der Waals surface area contributed by atoms with Gasteiger partial charge in [-0.2, -0.15) is 0 Å². The van der Waals surface area contributed by atoms with Crippen molar-refractivity contribution in [2.45, 2.75) is 213 Å². The molecule has 0 aliphatic rings. The monoisotopic (exact) mass is 883 g/mol. The Morgan fingerprint density at radius 3 is 1.02 bits per heavy atom. The maximum atomic E-state index is 12.3. The van der Waals surface area contributed by atoms with Crippen LogP contribution in [0.1, 0.15) is 206 Å². The molecule has 1 N–H and O–H groups in total. The van der Waals surface area contributed by atoms with E-state index in [1.807, 2.05) is 0 Å². The van der Waals surface area contributed by atoms with Crippen LogP contribution in [0.15, 0.2) is 134 Å². The van der Waals surface area contributed by atoms with Crippen molar-refractivity contribution in [3.05, 3.63) is 134 Å². The molecule has 0 aliphatic carbocycles. The van der Waals surface area contributed by atoms with Gasteiger partial charge in [0.25, 0.3) is 0 Å². The third-order valence-corrected chi connectivity index (χ3v) is 10.4. The van der Waals surface area contributed by atoms with Crippen molar-refractivity contribution in [3.8, 4) is 0 Å². The molecule has 1 atom stereocenters. The van der Waals surface area contributed by atoms with E-state index in [1.165, 1.54) is 51.4 Å².